The quantitative estimate of drug-likeness (QED) is 0.633. The third-order valence-corrected chi connectivity index (χ3v) is 5.29. The average molecular weight is 265 g/mol. The predicted molar refractivity (Wildman–Crippen MR) is 72.0 cm³/mol. The van der Waals surface area contributed by atoms with Crippen LogP contribution in [0.25, 0.3) is 10.1 Å². The highest BCUT2D eigenvalue weighted by molar-refractivity contribution is 7.99. The van der Waals surface area contributed by atoms with E-state index in [1.165, 1.54) is 15.0 Å². The van der Waals surface area contributed by atoms with Gasteiger partial charge in [-0.2, -0.15) is 0 Å². The van der Waals surface area contributed by atoms with E-state index in [0.29, 0.717) is 0 Å². The molecule has 1 aliphatic heterocycles. The van der Waals surface area contributed by atoms with Crippen LogP contribution in [-0.4, -0.2) is 23.8 Å². The van der Waals surface area contributed by atoms with Gasteiger partial charge in [0.05, 0.1) is 17.7 Å². The number of nitrogens with zero attached hydrogens (tertiary/aromatic N) is 1. The summed E-state index contributed by atoms with van der Waals surface area (Å²) < 4.78 is 6.47. The molecule has 1 aliphatic rings. The highest BCUT2D eigenvalue weighted by atomic mass is 32.2. The molecule has 0 unspecified atom stereocenters. The lowest BCUT2D eigenvalue weighted by atomic mass is 10.2. The molecule has 1 N–H and O–H groups in total. The highest BCUT2D eigenvalue weighted by Gasteiger charge is 2.22. The molecule has 0 aliphatic carbocycles. The van der Waals surface area contributed by atoms with Crippen molar-refractivity contribution in [1.82, 2.24) is 0 Å². The van der Waals surface area contributed by atoms with Crippen molar-refractivity contribution in [2.75, 3.05) is 12.9 Å². The lowest BCUT2D eigenvalue weighted by Gasteiger charge is -2.11. The third-order valence-electron chi connectivity index (χ3n) is 2.82. The smallest absolute Gasteiger partial charge is 0.119 e. The van der Waals surface area contributed by atoms with Gasteiger partial charge in [0.2, 0.25) is 0 Å². The first-order valence-electron chi connectivity index (χ1n) is 5.28. The molecule has 0 spiro atoms. The van der Waals surface area contributed by atoms with E-state index in [-0.39, 0.29) is 0 Å². The van der Waals surface area contributed by atoms with Crippen molar-refractivity contribution >= 4 is 38.9 Å². The monoisotopic (exact) mass is 265 g/mol. The van der Waals surface area contributed by atoms with E-state index in [0.717, 1.165) is 28.5 Å². The van der Waals surface area contributed by atoms with E-state index in [1.807, 2.05) is 17.8 Å². The summed E-state index contributed by atoms with van der Waals surface area (Å²) in [5.74, 6) is 1.84. The number of hydrogen-bond donors (Lipinski definition) is 1. The summed E-state index contributed by atoms with van der Waals surface area (Å²) in [7, 11) is 1.67. The fourth-order valence-corrected chi connectivity index (χ4v) is 4.50. The molecule has 0 saturated heterocycles. The number of oxime groups is 1. The molecular weight excluding hydrogens is 254 g/mol. The first kappa shape index (κ1) is 10.9. The molecule has 17 heavy (non-hydrogen) atoms. The minimum Gasteiger partial charge on any atom is -0.497 e. The largest absolute Gasteiger partial charge is 0.497 e. The molecule has 3 rings (SSSR count). The summed E-state index contributed by atoms with van der Waals surface area (Å²) >= 11 is 3.51. The zero-order chi connectivity index (χ0) is 11.8. The molecule has 2 heterocycles. The molecule has 0 amide bonds. The molecule has 1 aromatic heterocycles. The number of thioether (sulfide) groups is 1. The summed E-state index contributed by atoms with van der Waals surface area (Å²) in [6, 6.07) is 6.08. The Morgan fingerprint density at radius 2 is 2.29 bits per heavy atom. The zero-order valence-electron chi connectivity index (χ0n) is 9.27. The molecule has 1 aromatic carbocycles. The number of rotatable bonds is 1. The van der Waals surface area contributed by atoms with Crippen molar-refractivity contribution in [2.45, 2.75) is 11.3 Å². The fourth-order valence-electron chi connectivity index (χ4n) is 1.97. The number of thiophene rings is 1. The molecule has 3 nitrogen and oxygen atoms in total. The van der Waals surface area contributed by atoms with Crippen LogP contribution in [0, 0.1) is 0 Å². The van der Waals surface area contributed by atoms with Gasteiger partial charge in [-0.15, -0.1) is 23.1 Å². The van der Waals surface area contributed by atoms with Crippen LogP contribution in [0.1, 0.15) is 11.3 Å². The first-order chi connectivity index (χ1) is 8.33. The Bertz CT molecular complexity index is 604. The SMILES string of the molecule is COc1ccc2sc3c(c2c1)SCCC3=NO. The van der Waals surface area contributed by atoms with Crippen LogP contribution in [0.5, 0.6) is 5.75 Å². The molecule has 2 aromatic rings. The van der Waals surface area contributed by atoms with Gasteiger partial charge in [0, 0.05) is 27.2 Å². The van der Waals surface area contributed by atoms with E-state index in [1.54, 1.807) is 18.4 Å². The lowest BCUT2D eigenvalue weighted by molar-refractivity contribution is 0.318. The normalized spacial score (nSPS) is 17.4. The Morgan fingerprint density at radius 1 is 1.41 bits per heavy atom. The van der Waals surface area contributed by atoms with Gasteiger partial charge in [0.1, 0.15) is 5.75 Å². The molecule has 0 bridgehead atoms. The van der Waals surface area contributed by atoms with Crippen molar-refractivity contribution in [3.05, 3.63) is 23.1 Å². The van der Waals surface area contributed by atoms with Gasteiger partial charge in [-0.1, -0.05) is 5.16 Å². The zero-order valence-corrected chi connectivity index (χ0v) is 10.9. The summed E-state index contributed by atoms with van der Waals surface area (Å²) in [6.07, 6.45) is 0.831. The number of fused-ring (bicyclic) bond motifs is 3. The summed E-state index contributed by atoms with van der Waals surface area (Å²) in [5.41, 5.74) is 0.805. The van der Waals surface area contributed by atoms with Crippen molar-refractivity contribution in [2.24, 2.45) is 5.16 Å². The maximum atomic E-state index is 9.02. The summed E-state index contributed by atoms with van der Waals surface area (Å²) in [5, 5.41) is 13.6. The second kappa shape index (κ2) is 4.23. The Labute approximate surface area is 107 Å². The number of hydrogen-bond acceptors (Lipinski definition) is 5. The Hall–Kier alpha value is -1.20. The number of ether oxygens (including phenoxy) is 1. The van der Waals surface area contributed by atoms with Crippen LogP contribution in [-0.2, 0) is 0 Å². The maximum absolute atomic E-state index is 9.02. The van der Waals surface area contributed by atoms with Crippen LogP contribution in [0.4, 0.5) is 0 Å². The highest BCUT2D eigenvalue weighted by Crippen LogP contribution is 2.43. The average Bonchev–Trinajstić information content (AvgIpc) is 2.76. The van der Waals surface area contributed by atoms with Gasteiger partial charge in [-0.25, -0.2) is 0 Å². The molecule has 5 heteroatoms. The topological polar surface area (TPSA) is 41.8 Å². The summed E-state index contributed by atoms with van der Waals surface area (Å²) in [6.45, 7) is 0. The van der Waals surface area contributed by atoms with Crippen LogP contribution in [0.3, 0.4) is 0 Å². The van der Waals surface area contributed by atoms with E-state index in [9.17, 15) is 0 Å². The van der Waals surface area contributed by atoms with E-state index in [2.05, 4.69) is 17.3 Å². The maximum Gasteiger partial charge on any atom is 0.119 e. The van der Waals surface area contributed by atoms with Crippen molar-refractivity contribution in [1.29, 1.82) is 0 Å². The van der Waals surface area contributed by atoms with Crippen LogP contribution >= 0.6 is 23.1 Å². The third kappa shape index (κ3) is 1.70. The van der Waals surface area contributed by atoms with Gasteiger partial charge in [0.25, 0.3) is 0 Å². The van der Waals surface area contributed by atoms with Crippen molar-refractivity contribution in [3.63, 3.8) is 0 Å². The van der Waals surface area contributed by atoms with E-state index in [4.69, 9.17) is 9.94 Å². The minimum absolute atomic E-state index is 0.805. The van der Waals surface area contributed by atoms with Gasteiger partial charge in [-0.05, 0) is 18.2 Å². The van der Waals surface area contributed by atoms with Crippen LogP contribution in [0.15, 0.2) is 28.3 Å². The van der Waals surface area contributed by atoms with Crippen LogP contribution < -0.4 is 4.74 Å². The first-order valence-corrected chi connectivity index (χ1v) is 7.08. The molecular formula is C12H11NO2S2. The predicted octanol–water partition coefficient (Wildman–Crippen LogP) is 3.58. The summed E-state index contributed by atoms with van der Waals surface area (Å²) in [4.78, 5) is 2.33. The van der Waals surface area contributed by atoms with Crippen LogP contribution in [0.2, 0.25) is 0 Å². The number of benzene rings is 1. The van der Waals surface area contributed by atoms with Gasteiger partial charge < -0.3 is 9.94 Å². The second-order valence-electron chi connectivity index (χ2n) is 3.77. The van der Waals surface area contributed by atoms with Crippen molar-refractivity contribution < 1.29 is 9.94 Å². The van der Waals surface area contributed by atoms with Gasteiger partial charge in [0.15, 0.2) is 0 Å². The molecule has 0 fully saturated rings. The van der Waals surface area contributed by atoms with Crippen molar-refractivity contribution in [3.8, 4) is 5.75 Å². The van der Waals surface area contributed by atoms with Gasteiger partial charge in [-0.3, -0.25) is 0 Å². The molecule has 0 saturated carbocycles. The molecule has 0 radical (unpaired) electrons. The Morgan fingerprint density at radius 3 is 3.06 bits per heavy atom. The Balaban J connectivity index is 2.27. The second-order valence-corrected chi connectivity index (χ2v) is 5.92. The molecule has 88 valence electrons. The lowest BCUT2D eigenvalue weighted by Crippen LogP contribution is -2.06. The number of methoxy groups -OCH3 is 1. The van der Waals surface area contributed by atoms with E-state index >= 15 is 0 Å². The van der Waals surface area contributed by atoms with Gasteiger partial charge >= 0.3 is 0 Å². The molecule has 0 atom stereocenters. The Kier molecular flexibility index (Phi) is 2.72. The fraction of sp³-hybridized carbons (Fsp3) is 0.250. The van der Waals surface area contributed by atoms with E-state index < -0.39 is 0 Å². The standard InChI is InChI=1S/C12H11NO2S2/c1-15-7-2-3-10-8(6-7)11-12(17-10)9(13-14)4-5-16-11/h2-3,6,14H,4-5H2,1H3. The minimum atomic E-state index is 0.805.